The van der Waals surface area contributed by atoms with Crippen molar-refractivity contribution in [2.24, 2.45) is 5.92 Å². The van der Waals surface area contributed by atoms with Crippen molar-refractivity contribution in [3.8, 4) is 0 Å². The molecule has 1 aliphatic rings. The Balaban J connectivity index is 1.76. The lowest BCUT2D eigenvalue weighted by atomic mass is 9.84. The van der Waals surface area contributed by atoms with Crippen LogP contribution in [0.25, 0.3) is 0 Å². The molecule has 1 aromatic heterocycles. The van der Waals surface area contributed by atoms with Gasteiger partial charge in [0.25, 0.3) is 0 Å². The molecule has 0 bridgehead atoms. The molecule has 0 unspecified atom stereocenters. The van der Waals surface area contributed by atoms with Gasteiger partial charge >= 0.3 is 0 Å². The van der Waals surface area contributed by atoms with E-state index in [9.17, 15) is 0 Å². The van der Waals surface area contributed by atoms with Gasteiger partial charge in [0.2, 0.25) is 0 Å². The van der Waals surface area contributed by atoms with Crippen molar-refractivity contribution >= 4 is 0 Å². The second-order valence-corrected chi connectivity index (χ2v) is 4.77. The molecule has 3 heteroatoms. The van der Waals surface area contributed by atoms with Crippen LogP contribution in [0.2, 0.25) is 0 Å². The number of rotatable bonds is 4. The summed E-state index contributed by atoms with van der Waals surface area (Å²) in [5.41, 5.74) is 1.08. The van der Waals surface area contributed by atoms with Gasteiger partial charge in [-0.2, -0.15) is 0 Å². The molecule has 1 aromatic rings. The lowest BCUT2D eigenvalue weighted by Crippen LogP contribution is -2.34. The second kappa shape index (κ2) is 5.94. The third kappa shape index (κ3) is 3.27. The summed E-state index contributed by atoms with van der Waals surface area (Å²) in [4.78, 5) is 8.15. The first-order chi connectivity index (χ1) is 7.86. The summed E-state index contributed by atoms with van der Waals surface area (Å²) >= 11 is 0. The van der Waals surface area contributed by atoms with Gasteiger partial charge in [-0.05, 0) is 31.7 Å². The van der Waals surface area contributed by atoms with Crippen LogP contribution in [0.3, 0.4) is 0 Å². The van der Waals surface area contributed by atoms with Crippen LogP contribution in [-0.2, 0) is 6.54 Å². The van der Waals surface area contributed by atoms with Gasteiger partial charge in [0.15, 0.2) is 0 Å². The summed E-state index contributed by atoms with van der Waals surface area (Å²) in [7, 11) is 0. The summed E-state index contributed by atoms with van der Waals surface area (Å²) in [6.07, 6.45) is 10.4. The standard InChI is InChI=1S/C13H21N3/c1-11(12-5-3-2-4-6-12)15-9-13-7-8-14-10-16-13/h7-8,10-12,15H,2-6,9H2,1H3/t11-/m1/s1. The molecule has 1 heterocycles. The van der Waals surface area contributed by atoms with Crippen LogP contribution in [0.1, 0.15) is 44.7 Å². The highest BCUT2D eigenvalue weighted by Crippen LogP contribution is 2.26. The zero-order chi connectivity index (χ0) is 11.2. The van der Waals surface area contributed by atoms with Crippen molar-refractivity contribution in [2.45, 2.75) is 51.6 Å². The van der Waals surface area contributed by atoms with E-state index in [1.807, 2.05) is 6.07 Å². The summed E-state index contributed by atoms with van der Waals surface area (Å²) in [6.45, 7) is 3.16. The van der Waals surface area contributed by atoms with E-state index in [4.69, 9.17) is 0 Å². The van der Waals surface area contributed by atoms with Crippen LogP contribution in [0.4, 0.5) is 0 Å². The Labute approximate surface area is 97.7 Å². The minimum Gasteiger partial charge on any atom is -0.308 e. The summed E-state index contributed by atoms with van der Waals surface area (Å²) < 4.78 is 0. The normalized spacial score (nSPS) is 19.6. The topological polar surface area (TPSA) is 37.8 Å². The lowest BCUT2D eigenvalue weighted by molar-refractivity contribution is 0.280. The number of nitrogens with one attached hydrogen (secondary N) is 1. The average Bonchev–Trinajstić information content (AvgIpc) is 2.38. The van der Waals surface area contributed by atoms with Crippen LogP contribution >= 0.6 is 0 Å². The van der Waals surface area contributed by atoms with Gasteiger partial charge in [-0.15, -0.1) is 0 Å². The van der Waals surface area contributed by atoms with E-state index in [0.717, 1.165) is 18.2 Å². The van der Waals surface area contributed by atoms with Gasteiger partial charge in [-0.1, -0.05) is 19.3 Å². The smallest absolute Gasteiger partial charge is 0.115 e. The molecule has 1 atom stereocenters. The number of hydrogen-bond donors (Lipinski definition) is 1. The van der Waals surface area contributed by atoms with Crippen molar-refractivity contribution in [2.75, 3.05) is 0 Å². The van der Waals surface area contributed by atoms with Crippen molar-refractivity contribution in [3.63, 3.8) is 0 Å². The Morgan fingerprint density at radius 2 is 2.19 bits per heavy atom. The minimum atomic E-state index is 0.607. The first-order valence-electron chi connectivity index (χ1n) is 6.34. The minimum absolute atomic E-state index is 0.607. The molecule has 1 fully saturated rings. The fraction of sp³-hybridized carbons (Fsp3) is 0.692. The third-order valence-electron chi connectivity index (χ3n) is 3.61. The predicted molar refractivity (Wildman–Crippen MR) is 64.9 cm³/mol. The first kappa shape index (κ1) is 11.5. The molecule has 0 radical (unpaired) electrons. The molecule has 0 aromatic carbocycles. The fourth-order valence-corrected chi connectivity index (χ4v) is 2.49. The van der Waals surface area contributed by atoms with E-state index in [0.29, 0.717) is 6.04 Å². The number of nitrogens with zero attached hydrogens (tertiary/aromatic N) is 2. The van der Waals surface area contributed by atoms with E-state index in [1.54, 1.807) is 12.5 Å². The number of hydrogen-bond acceptors (Lipinski definition) is 3. The molecule has 0 spiro atoms. The summed E-state index contributed by atoms with van der Waals surface area (Å²) in [6, 6.07) is 2.58. The molecular formula is C13H21N3. The monoisotopic (exact) mass is 219 g/mol. The van der Waals surface area contributed by atoms with Crippen LogP contribution in [0, 0.1) is 5.92 Å². The van der Waals surface area contributed by atoms with Gasteiger partial charge in [0, 0.05) is 18.8 Å². The van der Waals surface area contributed by atoms with Crippen LogP contribution < -0.4 is 5.32 Å². The van der Waals surface area contributed by atoms with Gasteiger partial charge in [-0.3, -0.25) is 0 Å². The van der Waals surface area contributed by atoms with E-state index in [1.165, 1.54) is 32.1 Å². The van der Waals surface area contributed by atoms with E-state index >= 15 is 0 Å². The van der Waals surface area contributed by atoms with Crippen LogP contribution in [0.15, 0.2) is 18.6 Å². The highest BCUT2D eigenvalue weighted by Gasteiger charge is 2.19. The maximum atomic E-state index is 4.22. The van der Waals surface area contributed by atoms with Crippen LogP contribution in [0.5, 0.6) is 0 Å². The number of aromatic nitrogens is 2. The molecule has 0 aliphatic heterocycles. The molecule has 88 valence electrons. The van der Waals surface area contributed by atoms with Gasteiger partial charge < -0.3 is 5.32 Å². The molecule has 1 N–H and O–H groups in total. The average molecular weight is 219 g/mol. The van der Waals surface area contributed by atoms with Crippen molar-refractivity contribution in [1.29, 1.82) is 0 Å². The molecule has 0 saturated heterocycles. The Hall–Kier alpha value is -0.960. The largest absolute Gasteiger partial charge is 0.308 e. The molecule has 16 heavy (non-hydrogen) atoms. The zero-order valence-electron chi connectivity index (χ0n) is 10.0. The zero-order valence-corrected chi connectivity index (χ0v) is 10.0. The summed E-state index contributed by atoms with van der Waals surface area (Å²) in [5, 5.41) is 3.58. The predicted octanol–water partition coefficient (Wildman–Crippen LogP) is 2.54. The summed E-state index contributed by atoms with van der Waals surface area (Å²) in [5.74, 6) is 0.857. The second-order valence-electron chi connectivity index (χ2n) is 4.77. The Morgan fingerprint density at radius 1 is 1.38 bits per heavy atom. The fourth-order valence-electron chi connectivity index (χ4n) is 2.49. The lowest BCUT2D eigenvalue weighted by Gasteiger charge is -2.28. The molecule has 1 saturated carbocycles. The molecule has 3 nitrogen and oxygen atoms in total. The Morgan fingerprint density at radius 3 is 2.88 bits per heavy atom. The maximum absolute atomic E-state index is 4.22. The van der Waals surface area contributed by atoms with Gasteiger partial charge in [0.05, 0.1) is 5.69 Å². The molecule has 0 amide bonds. The third-order valence-corrected chi connectivity index (χ3v) is 3.61. The van der Waals surface area contributed by atoms with Crippen molar-refractivity contribution < 1.29 is 0 Å². The molecule has 1 aliphatic carbocycles. The van der Waals surface area contributed by atoms with Crippen molar-refractivity contribution in [3.05, 3.63) is 24.3 Å². The molecule has 2 rings (SSSR count). The maximum Gasteiger partial charge on any atom is 0.115 e. The Kier molecular flexibility index (Phi) is 4.28. The van der Waals surface area contributed by atoms with Gasteiger partial charge in [0.1, 0.15) is 6.33 Å². The SMILES string of the molecule is C[C@@H](NCc1ccncn1)C1CCCCC1. The van der Waals surface area contributed by atoms with E-state index in [2.05, 4.69) is 22.2 Å². The van der Waals surface area contributed by atoms with E-state index < -0.39 is 0 Å². The molecular weight excluding hydrogens is 198 g/mol. The highest BCUT2D eigenvalue weighted by molar-refractivity contribution is 4.97. The van der Waals surface area contributed by atoms with E-state index in [-0.39, 0.29) is 0 Å². The first-order valence-corrected chi connectivity index (χ1v) is 6.34. The Bertz CT molecular complexity index is 293. The highest BCUT2D eigenvalue weighted by atomic mass is 14.9. The van der Waals surface area contributed by atoms with Gasteiger partial charge in [-0.25, -0.2) is 9.97 Å². The van der Waals surface area contributed by atoms with Crippen molar-refractivity contribution in [1.82, 2.24) is 15.3 Å². The quantitative estimate of drug-likeness (QED) is 0.845. The van der Waals surface area contributed by atoms with Crippen LogP contribution in [-0.4, -0.2) is 16.0 Å².